The van der Waals surface area contributed by atoms with E-state index in [0.717, 1.165) is 6.54 Å². The minimum Gasteiger partial charge on any atom is -0.330 e. The van der Waals surface area contributed by atoms with Gasteiger partial charge in [-0.25, -0.2) is 0 Å². The fourth-order valence-electron chi connectivity index (χ4n) is 2.95. The Morgan fingerprint density at radius 3 is 2.24 bits per heavy atom. The summed E-state index contributed by atoms with van der Waals surface area (Å²) in [6.45, 7) is 12.2. The lowest BCUT2D eigenvalue weighted by molar-refractivity contribution is 0.500. The summed E-state index contributed by atoms with van der Waals surface area (Å²) in [5.41, 5.74) is 9.66. The number of hydrogen-bond donors (Lipinski definition) is 1. The van der Waals surface area contributed by atoms with E-state index in [2.05, 4.69) is 58.9 Å². The SMILES string of the molecule is CC(C)(C)c1cccc(C2(CN)CC2(C)C)c1. The van der Waals surface area contributed by atoms with Crippen LogP contribution < -0.4 is 5.73 Å². The van der Waals surface area contributed by atoms with Crippen molar-refractivity contribution in [1.29, 1.82) is 0 Å². The molecule has 1 aliphatic rings. The van der Waals surface area contributed by atoms with E-state index >= 15 is 0 Å². The van der Waals surface area contributed by atoms with Gasteiger partial charge in [0.2, 0.25) is 0 Å². The second kappa shape index (κ2) is 3.58. The van der Waals surface area contributed by atoms with E-state index in [-0.39, 0.29) is 10.8 Å². The predicted molar refractivity (Wildman–Crippen MR) is 74.3 cm³/mol. The lowest BCUT2D eigenvalue weighted by atomic mass is 9.81. The monoisotopic (exact) mass is 231 g/mol. The van der Waals surface area contributed by atoms with Crippen LogP contribution in [0.15, 0.2) is 24.3 Å². The summed E-state index contributed by atoms with van der Waals surface area (Å²) < 4.78 is 0. The van der Waals surface area contributed by atoms with Gasteiger partial charge in [-0.1, -0.05) is 58.9 Å². The van der Waals surface area contributed by atoms with Gasteiger partial charge in [0.05, 0.1) is 0 Å². The number of rotatable bonds is 2. The highest BCUT2D eigenvalue weighted by atomic mass is 14.7. The third-order valence-electron chi connectivity index (χ3n) is 4.54. The normalized spacial score (nSPS) is 26.9. The summed E-state index contributed by atoms with van der Waals surface area (Å²) >= 11 is 0. The van der Waals surface area contributed by atoms with Gasteiger partial charge in [0.15, 0.2) is 0 Å². The number of benzene rings is 1. The Hall–Kier alpha value is -0.820. The van der Waals surface area contributed by atoms with E-state index in [1.54, 1.807) is 0 Å². The highest BCUT2D eigenvalue weighted by molar-refractivity contribution is 5.41. The van der Waals surface area contributed by atoms with Crippen LogP contribution in [0.25, 0.3) is 0 Å². The lowest BCUT2D eigenvalue weighted by Crippen LogP contribution is -2.26. The first-order valence-electron chi connectivity index (χ1n) is 6.54. The molecule has 1 unspecified atom stereocenters. The molecule has 0 spiro atoms. The molecule has 1 aromatic carbocycles. The van der Waals surface area contributed by atoms with E-state index in [1.165, 1.54) is 17.5 Å². The molecule has 1 saturated carbocycles. The Kier molecular flexibility index (Phi) is 2.66. The largest absolute Gasteiger partial charge is 0.330 e. The highest BCUT2D eigenvalue weighted by Crippen LogP contribution is 2.63. The summed E-state index contributed by atoms with van der Waals surface area (Å²) in [4.78, 5) is 0. The van der Waals surface area contributed by atoms with Crippen LogP contribution in [-0.4, -0.2) is 6.54 Å². The van der Waals surface area contributed by atoms with Crippen molar-refractivity contribution in [2.45, 2.75) is 51.9 Å². The summed E-state index contributed by atoms with van der Waals surface area (Å²) in [6.07, 6.45) is 1.21. The molecule has 1 fully saturated rings. The smallest absolute Gasteiger partial charge is 0.0132 e. The summed E-state index contributed by atoms with van der Waals surface area (Å²) in [7, 11) is 0. The summed E-state index contributed by atoms with van der Waals surface area (Å²) in [6, 6.07) is 9.02. The molecule has 0 radical (unpaired) electrons. The molecule has 0 heterocycles. The Balaban J connectivity index is 2.42. The standard InChI is InChI=1S/C16H25N/c1-14(2,3)12-7-6-8-13(9-12)16(11-17)10-15(16,4)5/h6-9H,10-11,17H2,1-5H3. The summed E-state index contributed by atoms with van der Waals surface area (Å²) in [5.74, 6) is 0. The molecule has 2 rings (SSSR count). The van der Waals surface area contributed by atoms with Crippen molar-refractivity contribution in [2.75, 3.05) is 6.54 Å². The molecule has 1 atom stereocenters. The minimum atomic E-state index is 0.213. The number of hydrogen-bond acceptors (Lipinski definition) is 1. The van der Waals surface area contributed by atoms with Crippen LogP contribution in [0.2, 0.25) is 0 Å². The Morgan fingerprint density at radius 2 is 1.82 bits per heavy atom. The van der Waals surface area contributed by atoms with Gasteiger partial charge in [-0.05, 0) is 28.4 Å². The molecule has 2 N–H and O–H groups in total. The first-order chi connectivity index (χ1) is 7.73. The van der Waals surface area contributed by atoms with Gasteiger partial charge < -0.3 is 5.73 Å². The van der Waals surface area contributed by atoms with Gasteiger partial charge in [0.25, 0.3) is 0 Å². The van der Waals surface area contributed by atoms with Crippen molar-refractivity contribution >= 4 is 0 Å². The average molecular weight is 231 g/mol. The Morgan fingerprint density at radius 1 is 1.24 bits per heavy atom. The van der Waals surface area contributed by atoms with Crippen molar-refractivity contribution in [3.05, 3.63) is 35.4 Å². The van der Waals surface area contributed by atoms with E-state index in [0.29, 0.717) is 5.41 Å². The van der Waals surface area contributed by atoms with Crippen LogP contribution in [0, 0.1) is 5.41 Å². The van der Waals surface area contributed by atoms with Crippen molar-refractivity contribution in [2.24, 2.45) is 11.1 Å². The molecule has 94 valence electrons. The highest BCUT2D eigenvalue weighted by Gasteiger charge is 2.60. The van der Waals surface area contributed by atoms with Gasteiger partial charge in [-0.3, -0.25) is 0 Å². The second-order valence-electron chi connectivity index (χ2n) is 7.18. The van der Waals surface area contributed by atoms with Crippen molar-refractivity contribution in [1.82, 2.24) is 0 Å². The fraction of sp³-hybridized carbons (Fsp3) is 0.625. The fourth-order valence-corrected chi connectivity index (χ4v) is 2.95. The lowest BCUT2D eigenvalue weighted by Gasteiger charge is -2.24. The predicted octanol–water partition coefficient (Wildman–Crippen LogP) is 3.61. The molecule has 0 aliphatic heterocycles. The van der Waals surface area contributed by atoms with Gasteiger partial charge in [-0.2, -0.15) is 0 Å². The molecule has 0 amide bonds. The van der Waals surface area contributed by atoms with E-state index in [9.17, 15) is 0 Å². The molecule has 1 heteroatoms. The van der Waals surface area contributed by atoms with Crippen LogP contribution in [0.4, 0.5) is 0 Å². The molecule has 17 heavy (non-hydrogen) atoms. The first-order valence-corrected chi connectivity index (χ1v) is 6.54. The Bertz CT molecular complexity index is 425. The zero-order chi connectivity index (χ0) is 12.9. The molecule has 1 aromatic rings. The van der Waals surface area contributed by atoms with Crippen LogP contribution >= 0.6 is 0 Å². The maximum absolute atomic E-state index is 6.04. The van der Waals surface area contributed by atoms with Gasteiger partial charge >= 0.3 is 0 Å². The quantitative estimate of drug-likeness (QED) is 0.826. The zero-order valence-electron chi connectivity index (χ0n) is 11.8. The van der Waals surface area contributed by atoms with Crippen molar-refractivity contribution in [3.63, 3.8) is 0 Å². The van der Waals surface area contributed by atoms with Crippen LogP contribution in [0.3, 0.4) is 0 Å². The Labute approximate surface area is 105 Å². The zero-order valence-corrected chi connectivity index (χ0v) is 11.8. The number of nitrogens with two attached hydrogens (primary N) is 1. The molecule has 1 aliphatic carbocycles. The summed E-state index contributed by atoms with van der Waals surface area (Å²) in [5, 5.41) is 0. The van der Waals surface area contributed by atoms with Gasteiger partial charge in [0, 0.05) is 12.0 Å². The van der Waals surface area contributed by atoms with E-state index in [4.69, 9.17) is 5.73 Å². The van der Waals surface area contributed by atoms with E-state index in [1.807, 2.05) is 0 Å². The first kappa shape index (κ1) is 12.6. The third kappa shape index (κ3) is 1.91. The van der Waals surface area contributed by atoms with Crippen molar-refractivity contribution in [3.8, 4) is 0 Å². The van der Waals surface area contributed by atoms with Crippen LogP contribution in [-0.2, 0) is 10.8 Å². The molecule has 0 bridgehead atoms. The van der Waals surface area contributed by atoms with Crippen LogP contribution in [0.1, 0.15) is 52.2 Å². The molecule has 0 saturated heterocycles. The van der Waals surface area contributed by atoms with E-state index < -0.39 is 0 Å². The molecular weight excluding hydrogens is 206 g/mol. The van der Waals surface area contributed by atoms with Gasteiger partial charge in [-0.15, -0.1) is 0 Å². The molecule has 1 nitrogen and oxygen atoms in total. The minimum absolute atomic E-state index is 0.213. The maximum Gasteiger partial charge on any atom is 0.0132 e. The maximum atomic E-state index is 6.04. The van der Waals surface area contributed by atoms with Gasteiger partial charge in [0.1, 0.15) is 0 Å². The topological polar surface area (TPSA) is 26.0 Å². The van der Waals surface area contributed by atoms with Crippen LogP contribution in [0.5, 0.6) is 0 Å². The van der Waals surface area contributed by atoms with Crippen molar-refractivity contribution < 1.29 is 0 Å². The second-order valence-corrected chi connectivity index (χ2v) is 7.18. The molecular formula is C16H25N. The molecule has 0 aromatic heterocycles. The average Bonchev–Trinajstić information content (AvgIpc) is 2.81. The third-order valence-corrected chi connectivity index (χ3v) is 4.54.